The van der Waals surface area contributed by atoms with Crippen LogP contribution in [0, 0.1) is 27.9 Å². The predicted molar refractivity (Wildman–Crippen MR) is 212 cm³/mol. The van der Waals surface area contributed by atoms with Gasteiger partial charge >= 0.3 is 6.16 Å². The zero-order chi connectivity index (χ0) is 40.9. The van der Waals surface area contributed by atoms with Crippen molar-refractivity contribution in [1.82, 2.24) is 10.6 Å². The number of non-ortho nitro benzene ring substituents is 1. The smallest absolute Gasteiger partial charge is 0.429 e. The molecule has 2 atom stereocenters. The molecule has 1 aliphatic heterocycles. The van der Waals surface area contributed by atoms with E-state index in [9.17, 15) is 34.1 Å². The molecule has 5 rings (SSSR count). The molecule has 294 valence electrons. The predicted octanol–water partition coefficient (Wildman–Crippen LogP) is 6.40. The number of anilines is 2. The molecule has 3 N–H and O–H groups in total. The molecule has 57 heavy (non-hydrogen) atoms. The Kier molecular flexibility index (Phi) is 14.1. The number of nitrogens with zero attached hydrogens (tertiary/aromatic N) is 2. The number of fused-ring (bicyclic) bond motifs is 2. The lowest BCUT2D eigenvalue weighted by Gasteiger charge is -2.26. The molecule has 14 heteroatoms. The van der Waals surface area contributed by atoms with Gasteiger partial charge in [-0.05, 0) is 79.3 Å². The van der Waals surface area contributed by atoms with Crippen molar-refractivity contribution in [2.24, 2.45) is 5.92 Å². The van der Waals surface area contributed by atoms with Crippen LogP contribution in [0.2, 0.25) is 0 Å². The maximum atomic E-state index is 13.5. The van der Waals surface area contributed by atoms with E-state index in [0.29, 0.717) is 30.6 Å². The fourth-order valence-corrected chi connectivity index (χ4v) is 5.89. The first-order chi connectivity index (χ1) is 27.4. The summed E-state index contributed by atoms with van der Waals surface area (Å²) in [7, 11) is 0. The van der Waals surface area contributed by atoms with Gasteiger partial charge in [0.25, 0.3) is 5.69 Å². The Bertz CT molecular complexity index is 2180. The number of amides is 4. The maximum absolute atomic E-state index is 13.5. The molecule has 4 aromatic rings. The lowest BCUT2D eigenvalue weighted by atomic mass is 10.0. The largest absolute Gasteiger partial charge is 0.514 e. The van der Waals surface area contributed by atoms with Crippen molar-refractivity contribution in [2.45, 2.75) is 71.7 Å². The number of para-hydroxylation sites is 1. The molecule has 1 heterocycles. The zero-order valence-electron chi connectivity index (χ0n) is 31.8. The third kappa shape index (κ3) is 11.7. The van der Waals surface area contributed by atoms with Gasteiger partial charge in [0.2, 0.25) is 23.6 Å². The first-order valence-electron chi connectivity index (χ1n) is 18.5. The summed E-state index contributed by atoms with van der Waals surface area (Å²) in [5, 5.41) is 18.9. The van der Waals surface area contributed by atoms with E-state index in [1.54, 1.807) is 43.0 Å². The topological polar surface area (TPSA) is 186 Å². The molecule has 0 bridgehead atoms. The summed E-state index contributed by atoms with van der Waals surface area (Å²) < 4.78 is 10.1. The molecular weight excluding hydrogens is 730 g/mol. The van der Waals surface area contributed by atoms with Gasteiger partial charge in [0.05, 0.1) is 17.2 Å². The molecule has 1 aliphatic rings. The fraction of sp³-hybridized carbons (Fsp3) is 0.279. The lowest BCUT2D eigenvalue weighted by Crippen LogP contribution is -2.53. The molecular formula is C43H43N5O9. The molecule has 0 aromatic heterocycles. The summed E-state index contributed by atoms with van der Waals surface area (Å²) in [4.78, 5) is 76.6. The lowest BCUT2D eigenvalue weighted by molar-refractivity contribution is -0.384. The van der Waals surface area contributed by atoms with Crippen molar-refractivity contribution < 1.29 is 38.4 Å². The molecule has 0 fully saturated rings. The summed E-state index contributed by atoms with van der Waals surface area (Å²) in [6, 6.07) is 24.9. The first kappa shape index (κ1) is 41.2. The Hall–Kier alpha value is -7.01. The van der Waals surface area contributed by atoms with Gasteiger partial charge in [-0.3, -0.25) is 29.3 Å². The first-order valence-corrected chi connectivity index (χ1v) is 18.5. The van der Waals surface area contributed by atoms with E-state index in [0.717, 1.165) is 22.4 Å². The van der Waals surface area contributed by atoms with Crippen LogP contribution in [0.3, 0.4) is 0 Å². The normalized spacial score (nSPS) is 12.5. The highest BCUT2D eigenvalue weighted by Crippen LogP contribution is 2.26. The number of hydrogen-bond donors (Lipinski definition) is 3. The maximum Gasteiger partial charge on any atom is 0.514 e. The molecule has 14 nitrogen and oxygen atoms in total. The molecule has 4 amide bonds. The summed E-state index contributed by atoms with van der Waals surface area (Å²) in [6.07, 6.45) is 0.259. The minimum atomic E-state index is -0.998. The van der Waals surface area contributed by atoms with Crippen molar-refractivity contribution in [3.8, 4) is 17.6 Å². The van der Waals surface area contributed by atoms with Crippen molar-refractivity contribution in [1.29, 1.82) is 0 Å². The van der Waals surface area contributed by atoms with E-state index in [2.05, 4.69) is 27.8 Å². The number of nitro benzene ring substituents is 1. The van der Waals surface area contributed by atoms with Crippen LogP contribution < -0.4 is 25.6 Å². The van der Waals surface area contributed by atoms with Gasteiger partial charge in [-0.2, -0.15) is 0 Å². The van der Waals surface area contributed by atoms with E-state index < -0.39 is 35.0 Å². The zero-order valence-corrected chi connectivity index (χ0v) is 31.8. The summed E-state index contributed by atoms with van der Waals surface area (Å²) in [5.74, 6) is 4.81. The summed E-state index contributed by atoms with van der Waals surface area (Å²) in [6.45, 7) is 5.36. The molecule has 0 spiro atoms. The highest BCUT2D eigenvalue weighted by molar-refractivity contribution is 5.98. The number of unbranched alkanes of at least 4 members (excludes halogenated alkanes) is 1. The molecule has 4 aromatic carbocycles. The second-order valence-corrected chi connectivity index (χ2v) is 13.7. The van der Waals surface area contributed by atoms with E-state index in [4.69, 9.17) is 9.47 Å². The minimum Gasteiger partial charge on any atom is -0.429 e. The second-order valence-electron chi connectivity index (χ2n) is 13.7. The summed E-state index contributed by atoms with van der Waals surface area (Å²) in [5.41, 5.74) is 4.24. The van der Waals surface area contributed by atoms with Crippen LogP contribution in [0.15, 0.2) is 97.1 Å². The number of hydrogen-bond acceptors (Lipinski definition) is 9. The van der Waals surface area contributed by atoms with E-state index in [-0.39, 0.29) is 48.6 Å². The second kappa shape index (κ2) is 19.5. The highest BCUT2D eigenvalue weighted by atomic mass is 16.7. The van der Waals surface area contributed by atoms with E-state index in [1.165, 1.54) is 31.2 Å². The van der Waals surface area contributed by atoms with Gasteiger partial charge in [-0.15, -0.1) is 0 Å². The quantitative estimate of drug-likeness (QED) is 0.0307. The number of rotatable bonds is 15. The standard InChI is InChI=1S/C43H43N5O9/c1-28(2)40(46-38(49)14-8-9-15-39(50)47-26-33-12-5-4-10-31(33)18-19-32-11-6-7-13-37(32)47)42(52)44-29(3)41(51)45-34-20-16-30(17-21-34)27-56-43(53)57-36-24-22-35(23-25-36)48(54)55/h4-7,10-13,16-17,20-25,28-29,40H,8-9,14-15,26-27H2,1-3H3,(H,44,52)(H,45,51)(H,46,49)/t29-,40-/m0/s1. The molecule has 0 unspecified atom stereocenters. The third-order valence-electron chi connectivity index (χ3n) is 9.06. The Balaban J connectivity index is 1.04. The Morgan fingerprint density at radius 3 is 2.14 bits per heavy atom. The van der Waals surface area contributed by atoms with Gasteiger partial charge in [-0.1, -0.05) is 68.2 Å². The van der Waals surface area contributed by atoms with Gasteiger partial charge in [0, 0.05) is 41.8 Å². The SMILES string of the molecule is CC(C)[C@H](NC(=O)CCCCC(=O)N1Cc2ccccc2C#Cc2ccccc21)C(=O)N[C@@H](C)C(=O)Nc1ccc(COC(=O)Oc2ccc([N+](=O)[O-])cc2)cc1. The van der Waals surface area contributed by atoms with Crippen molar-refractivity contribution in [3.05, 3.63) is 129 Å². The van der Waals surface area contributed by atoms with Crippen LogP contribution in [0.25, 0.3) is 0 Å². The molecule has 0 aliphatic carbocycles. The summed E-state index contributed by atoms with van der Waals surface area (Å²) >= 11 is 0. The van der Waals surface area contributed by atoms with Crippen LogP contribution in [0.4, 0.5) is 21.9 Å². The fourth-order valence-electron chi connectivity index (χ4n) is 5.89. The van der Waals surface area contributed by atoms with Crippen LogP contribution in [-0.4, -0.2) is 46.8 Å². The number of carbonyl (C=O) groups excluding carboxylic acids is 5. The van der Waals surface area contributed by atoms with E-state index >= 15 is 0 Å². The number of carbonyl (C=O) groups is 5. The molecule has 0 saturated carbocycles. The third-order valence-corrected chi connectivity index (χ3v) is 9.06. The van der Waals surface area contributed by atoms with Crippen LogP contribution in [0.1, 0.15) is 68.7 Å². The molecule has 0 saturated heterocycles. The van der Waals surface area contributed by atoms with E-state index in [1.807, 2.05) is 48.5 Å². The Morgan fingerprint density at radius 1 is 0.789 bits per heavy atom. The Morgan fingerprint density at radius 2 is 1.44 bits per heavy atom. The van der Waals surface area contributed by atoms with Crippen LogP contribution in [0.5, 0.6) is 5.75 Å². The van der Waals surface area contributed by atoms with Crippen molar-refractivity contribution in [3.63, 3.8) is 0 Å². The van der Waals surface area contributed by atoms with Gasteiger partial charge in [0.1, 0.15) is 24.4 Å². The Labute approximate surface area is 330 Å². The minimum absolute atomic E-state index is 0.0709. The van der Waals surface area contributed by atoms with Crippen molar-refractivity contribution in [2.75, 3.05) is 10.2 Å². The van der Waals surface area contributed by atoms with Gasteiger partial charge in [0.15, 0.2) is 0 Å². The number of nitro groups is 1. The number of ether oxygens (including phenoxy) is 2. The van der Waals surface area contributed by atoms with Crippen molar-refractivity contribution >= 4 is 46.8 Å². The highest BCUT2D eigenvalue weighted by Gasteiger charge is 2.27. The number of benzene rings is 4. The monoisotopic (exact) mass is 773 g/mol. The van der Waals surface area contributed by atoms with Gasteiger partial charge < -0.3 is 30.3 Å². The average molecular weight is 774 g/mol. The average Bonchev–Trinajstić information content (AvgIpc) is 3.19. The number of nitrogens with one attached hydrogen (secondary N) is 3. The molecule has 0 radical (unpaired) electrons. The van der Waals surface area contributed by atoms with Gasteiger partial charge in [-0.25, -0.2) is 4.79 Å². The van der Waals surface area contributed by atoms with Crippen LogP contribution >= 0.6 is 0 Å². The van der Waals surface area contributed by atoms with Crippen LogP contribution in [-0.2, 0) is 37.1 Å².